The number of pyridine rings is 1. The highest BCUT2D eigenvalue weighted by Gasteiger charge is 2.12. The van der Waals surface area contributed by atoms with Crippen LogP contribution in [-0.4, -0.2) is 27.6 Å². The first-order valence-electron chi connectivity index (χ1n) is 7.12. The van der Waals surface area contributed by atoms with Crippen LogP contribution in [0.3, 0.4) is 0 Å². The van der Waals surface area contributed by atoms with Gasteiger partial charge in [0.05, 0.1) is 11.9 Å². The predicted molar refractivity (Wildman–Crippen MR) is 85.3 cm³/mol. The number of H-pyrrole nitrogens is 1. The number of hydrogen-bond acceptors (Lipinski definition) is 3. The average molecular weight is 292 g/mol. The topological polar surface area (TPSA) is 70.7 Å². The van der Waals surface area contributed by atoms with Crippen molar-refractivity contribution in [3.05, 3.63) is 60.6 Å². The van der Waals surface area contributed by atoms with Crippen LogP contribution in [0.2, 0.25) is 0 Å². The number of aromatic nitrogens is 3. The number of carbonyl (C=O) groups excluding carboxylic acids is 1. The van der Waals surface area contributed by atoms with Gasteiger partial charge in [-0.1, -0.05) is 12.1 Å². The minimum atomic E-state index is -0.0747. The summed E-state index contributed by atoms with van der Waals surface area (Å²) < 4.78 is 0. The molecule has 1 aromatic carbocycles. The van der Waals surface area contributed by atoms with Crippen molar-refractivity contribution in [2.24, 2.45) is 0 Å². The van der Waals surface area contributed by atoms with E-state index >= 15 is 0 Å². The van der Waals surface area contributed by atoms with Gasteiger partial charge in [0.1, 0.15) is 0 Å². The zero-order valence-electron chi connectivity index (χ0n) is 12.2. The van der Waals surface area contributed by atoms with E-state index in [1.165, 1.54) is 0 Å². The first kappa shape index (κ1) is 14.0. The molecule has 22 heavy (non-hydrogen) atoms. The summed E-state index contributed by atoms with van der Waals surface area (Å²) in [6, 6.07) is 11.4. The van der Waals surface area contributed by atoms with Crippen molar-refractivity contribution < 1.29 is 4.79 Å². The number of amides is 1. The second kappa shape index (κ2) is 6.22. The fourth-order valence-corrected chi connectivity index (χ4v) is 2.34. The van der Waals surface area contributed by atoms with Crippen molar-refractivity contribution in [1.29, 1.82) is 0 Å². The van der Waals surface area contributed by atoms with Crippen molar-refractivity contribution in [2.45, 2.75) is 6.92 Å². The molecule has 2 heterocycles. The Labute approximate surface area is 128 Å². The molecule has 0 unspecified atom stereocenters. The number of nitrogens with zero attached hydrogens (tertiary/aromatic N) is 2. The second-order valence-electron chi connectivity index (χ2n) is 4.83. The molecule has 3 aromatic rings. The number of hydrogen-bond donors (Lipinski definition) is 2. The van der Waals surface area contributed by atoms with Crippen molar-refractivity contribution in [3.63, 3.8) is 0 Å². The fourth-order valence-electron chi connectivity index (χ4n) is 2.34. The third kappa shape index (κ3) is 2.74. The molecule has 110 valence electrons. The van der Waals surface area contributed by atoms with E-state index in [0.29, 0.717) is 12.1 Å². The van der Waals surface area contributed by atoms with Crippen LogP contribution >= 0.6 is 0 Å². The Morgan fingerprint density at radius 2 is 2.00 bits per heavy atom. The molecule has 2 N–H and O–H groups in total. The Morgan fingerprint density at radius 3 is 2.77 bits per heavy atom. The molecule has 0 radical (unpaired) electrons. The quantitative estimate of drug-likeness (QED) is 0.776. The van der Waals surface area contributed by atoms with Gasteiger partial charge in [0.25, 0.3) is 5.91 Å². The molecule has 2 aromatic heterocycles. The van der Waals surface area contributed by atoms with Crippen LogP contribution in [0.15, 0.2) is 55.0 Å². The van der Waals surface area contributed by atoms with Crippen molar-refractivity contribution in [3.8, 4) is 22.4 Å². The van der Waals surface area contributed by atoms with Crippen molar-refractivity contribution >= 4 is 5.91 Å². The molecule has 0 aliphatic carbocycles. The molecule has 0 saturated carbocycles. The average Bonchev–Trinajstić information content (AvgIpc) is 3.06. The summed E-state index contributed by atoms with van der Waals surface area (Å²) in [7, 11) is 0. The Kier molecular flexibility index (Phi) is 3.96. The lowest BCUT2D eigenvalue weighted by molar-refractivity contribution is 0.0956. The lowest BCUT2D eigenvalue weighted by atomic mass is 10.0. The number of aromatic amines is 1. The van der Waals surface area contributed by atoms with E-state index in [-0.39, 0.29) is 5.91 Å². The first-order valence-corrected chi connectivity index (χ1v) is 7.12. The largest absolute Gasteiger partial charge is 0.352 e. The number of carbonyl (C=O) groups is 1. The van der Waals surface area contributed by atoms with E-state index in [2.05, 4.69) is 20.5 Å². The van der Waals surface area contributed by atoms with Crippen LogP contribution in [0.1, 0.15) is 17.3 Å². The first-order chi connectivity index (χ1) is 10.8. The van der Waals surface area contributed by atoms with E-state index in [1.54, 1.807) is 24.7 Å². The van der Waals surface area contributed by atoms with Gasteiger partial charge in [-0.25, -0.2) is 0 Å². The normalized spacial score (nSPS) is 10.4. The molecule has 0 fully saturated rings. The molecule has 0 atom stereocenters. The lowest BCUT2D eigenvalue weighted by Crippen LogP contribution is -2.22. The molecule has 0 aliphatic rings. The zero-order chi connectivity index (χ0) is 15.4. The highest BCUT2D eigenvalue weighted by molar-refractivity contribution is 5.95. The minimum absolute atomic E-state index is 0.0747. The molecule has 0 spiro atoms. The maximum atomic E-state index is 12.0. The number of benzene rings is 1. The highest BCUT2D eigenvalue weighted by Crippen LogP contribution is 2.30. The Hall–Kier alpha value is -2.95. The van der Waals surface area contributed by atoms with Crippen LogP contribution in [0.4, 0.5) is 0 Å². The van der Waals surface area contributed by atoms with Gasteiger partial charge >= 0.3 is 0 Å². The van der Waals surface area contributed by atoms with Gasteiger partial charge in [-0.3, -0.25) is 14.9 Å². The van der Waals surface area contributed by atoms with E-state index in [1.807, 2.05) is 37.3 Å². The summed E-state index contributed by atoms with van der Waals surface area (Å²) in [5, 5.41) is 9.96. The summed E-state index contributed by atoms with van der Waals surface area (Å²) in [5.74, 6) is -0.0747. The highest BCUT2D eigenvalue weighted by atomic mass is 16.1. The molecule has 1 amide bonds. The van der Waals surface area contributed by atoms with Gasteiger partial charge in [0.2, 0.25) is 0 Å². The SMILES string of the molecule is CCNC(=O)c1cccc(-c2[nH]ncc2-c2ccncc2)c1. The van der Waals surface area contributed by atoms with Gasteiger partial charge in [-0.15, -0.1) is 0 Å². The summed E-state index contributed by atoms with van der Waals surface area (Å²) in [4.78, 5) is 16.0. The molecule has 3 rings (SSSR count). The molecular formula is C17H16N4O. The third-order valence-electron chi connectivity index (χ3n) is 3.38. The van der Waals surface area contributed by atoms with Gasteiger partial charge in [0.15, 0.2) is 0 Å². The van der Waals surface area contributed by atoms with Crippen LogP contribution in [-0.2, 0) is 0 Å². The minimum Gasteiger partial charge on any atom is -0.352 e. The maximum Gasteiger partial charge on any atom is 0.251 e. The number of nitrogens with one attached hydrogen (secondary N) is 2. The van der Waals surface area contributed by atoms with Crippen LogP contribution in [0, 0.1) is 0 Å². The smallest absolute Gasteiger partial charge is 0.251 e. The van der Waals surface area contributed by atoms with Gasteiger partial charge < -0.3 is 5.32 Å². The Bertz CT molecular complexity index is 780. The summed E-state index contributed by atoms with van der Waals surface area (Å²) in [6.45, 7) is 2.51. The van der Waals surface area contributed by atoms with Crippen molar-refractivity contribution in [1.82, 2.24) is 20.5 Å². The van der Waals surface area contributed by atoms with Gasteiger partial charge in [-0.05, 0) is 36.8 Å². The molecule has 0 bridgehead atoms. The lowest BCUT2D eigenvalue weighted by Gasteiger charge is -2.06. The predicted octanol–water partition coefficient (Wildman–Crippen LogP) is 2.89. The molecule has 5 nitrogen and oxygen atoms in total. The van der Waals surface area contributed by atoms with Gasteiger partial charge in [-0.2, -0.15) is 5.10 Å². The van der Waals surface area contributed by atoms with Crippen LogP contribution in [0.5, 0.6) is 0 Å². The second-order valence-corrected chi connectivity index (χ2v) is 4.83. The molecule has 5 heteroatoms. The van der Waals surface area contributed by atoms with E-state index in [4.69, 9.17) is 0 Å². The summed E-state index contributed by atoms with van der Waals surface area (Å²) in [6.07, 6.45) is 5.28. The summed E-state index contributed by atoms with van der Waals surface area (Å²) >= 11 is 0. The van der Waals surface area contributed by atoms with E-state index in [9.17, 15) is 4.79 Å². The van der Waals surface area contributed by atoms with E-state index in [0.717, 1.165) is 22.4 Å². The molecular weight excluding hydrogens is 276 g/mol. The number of rotatable bonds is 4. The Balaban J connectivity index is 2.01. The zero-order valence-corrected chi connectivity index (χ0v) is 12.2. The third-order valence-corrected chi connectivity index (χ3v) is 3.38. The van der Waals surface area contributed by atoms with E-state index < -0.39 is 0 Å². The van der Waals surface area contributed by atoms with Crippen LogP contribution in [0.25, 0.3) is 22.4 Å². The Morgan fingerprint density at radius 1 is 1.18 bits per heavy atom. The summed E-state index contributed by atoms with van der Waals surface area (Å²) in [5.41, 5.74) is 4.46. The maximum absolute atomic E-state index is 12.0. The molecule has 0 saturated heterocycles. The van der Waals surface area contributed by atoms with Crippen molar-refractivity contribution in [2.75, 3.05) is 6.54 Å². The monoisotopic (exact) mass is 292 g/mol. The fraction of sp³-hybridized carbons (Fsp3) is 0.118. The standard InChI is InChI=1S/C17H16N4O/c1-2-19-17(22)14-5-3-4-13(10-14)16-15(11-20-21-16)12-6-8-18-9-7-12/h3-11H,2H2,1H3,(H,19,22)(H,20,21). The van der Waals surface area contributed by atoms with Gasteiger partial charge in [0, 0.05) is 35.6 Å². The molecule has 0 aliphatic heterocycles. The van der Waals surface area contributed by atoms with Crippen LogP contribution < -0.4 is 5.32 Å².